The van der Waals surface area contributed by atoms with Crippen LogP contribution in [0.5, 0.6) is 0 Å². The van der Waals surface area contributed by atoms with Crippen LogP contribution in [0.4, 0.5) is 0 Å². The van der Waals surface area contributed by atoms with Gasteiger partial charge in [-0.1, -0.05) is 39.8 Å². The van der Waals surface area contributed by atoms with Gasteiger partial charge < -0.3 is 10.0 Å². The zero-order chi connectivity index (χ0) is 21.5. The van der Waals surface area contributed by atoms with Crippen molar-refractivity contribution in [2.45, 2.75) is 76.5 Å². The molecule has 162 valence electrons. The number of thiazole rings is 1. The Balaban J connectivity index is 1.52. The third-order valence-corrected chi connectivity index (χ3v) is 8.20. The first-order valence-corrected chi connectivity index (χ1v) is 12.1. The van der Waals surface area contributed by atoms with Crippen LogP contribution in [0.3, 0.4) is 0 Å². The number of rotatable bonds is 4. The molecule has 1 aliphatic carbocycles. The third kappa shape index (κ3) is 4.06. The SMILES string of the molecule is CC1(C)CCC(C)(C)c2cc(-c3csc(C4CCN(C(=O)CCO)CC4)n3)ccc21. The van der Waals surface area contributed by atoms with Crippen molar-refractivity contribution in [3.63, 3.8) is 0 Å². The average Bonchev–Trinajstić information content (AvgIpc) is 3.22. The second-order valence-corrected chi connectivity index (χ2v) is 11.1. The Bertz CT molecular complexity index is 923. The Kier molecular flexibility index (Phi) is 5.80. The Labute approximate surface area is 184 Å². The predicted octanol–water partition coefficient (Wildman–Crippen LogP) is 5.25. The molecule has 2 heterocycles. The predicted molar refractivity (Wildman–Crippen MR) is 123 cm³/mol. The lowest BCUT2D eigenvalue weighted by atomic mass is 9.63. The standard InChI is InChI=1S/C25H34N2O2S/c1-24(2)10-11-25(3,4)20-15-18(5-6-19(20)24)21-16-30-23(26-21)17-7-12-27(13-8-17)22(29)9-14-28/h5-6,15-17,28H,7-14H2,1-4H3. The Morgan fingerprint density at radius 3 is 2.47 bits per heavy atom. The summed E-state index contributed by atoms with van der Waals surface area (Å²) in [5.74, 6) is 0.491. The first kappa shape index (κ1) is 21.5. The number of amides is 1. The van der Waals surface area contributed by atoms with Crippen LogP contribution in [0.2, 0.25) is 0 Å². The molecule has 0 unspecified atom stereocenters. The number of carbonyl (C=O) groups excluding carboxylic acids is 1. The summed E-state index contributed by atoms with van der Waals surface area (Å²) in [6.07, 6.45) is 4.58. The Hall–Kier alpha value is -1.72. The summed E-state index contributed by atoms with van der Waals surface area (Å²) in [6.45, 7) is 10.9. The molecule has 1 aromatic carbocycles. The highest BCUT2D eigenvalue weighted by Crippen LogP contribution is 2.47. The van der Waals surface area contributed by atoms with E-state index in [0.29, 0.717) is 5.92 Å². The highest BCUT2D eigenvalue weighted by atomic mass is 32.1. The van der Waals surface area contributed by atoms with E-state index in [2.05, 4.69) is 51.3 Å². The lowest BCUT2D eigenvalue weighted by Gasteiger charge is -2.42. The first-order valence-electron chi connectivity index (χ1n) is 11.2. The van der Waals surface area contributed by atoms with Gasteiger partial charge in [-0.2, -0.15) is 0 Å². The summed E-state index contributed by atoms with van der Waals surface area (Å²) in [6, 6.07) is 6.96. The van der Waals surface area contributed by atoms with E-state index in [1.807, 2.05) is 4.90 Å². The molecule has 4 nitrogen and oxygen atoms in total. The molecule has 1 N–H and O–H groups in total. The van der Waals surface area contributed by atoms with Crippen molar-refractivity contribution in [3.05, 3.63) is 39.7 Å². The summed E-state index contributed by atoms with van der Waals surface area (Å²) >= 11 is 1.75. The fraction of sp³-hybridized carbons (Fsp3) is 0.600. The molecule has 1 fully saturated rings. The van der Waals surface area contributed by atoms with Crippen molar-refractivity contribution in [1.29, 1.82) is 0 Å². The molecule has 30 heavy (non-hydrogen) atoms. The maximum Gasteiger partial charge on any atom is 0.224 e. The van der Waals surface area contributed by atoms with Gasteiger partial charge in [0.15, 0.2) is 0 Å². The van der Waals surface area contributed by atoms with Crippen LogP contribution in [0, 0.1) is 0 Å². The van der Waals surface area contributed by atoms with E-state index >= 15 is 0 Å². The van der Waals surface area contributed by atoms with Crippen LogP contribution in [0.15, 0.2) is 23.6 Å². The van der Waals surface area contributed by atoms with Gasteiger partial charge in [0.1, 0.15) is 0 Å². The summed E-state index contributed by atoms with van der Waals surface area (Å²) in [5, 5.41) is 12.4. The van der Waals surface area contributed by atoms with Crippen molar-refractivity contribution in [2.75, 3.05) is 19.7 Å². The van der Waals surface area contributed by atoms with Crippen molar-refractivity contribution >= 4 is 17.2 Å². The topological polar surface area (TPSA) is 53.4 Å². The molecule has 0 radical (unpaired) electrons. The van der Waals surface area contributed by atoms with E-state index in [1.165, 1.54) is 34.5 Å². The third-order valence-electron chi connectivity index (χ3n) is 7.19. The normalized spacial score (nSPS) is 20.8. The smallest absolute Gasteiger partial charge is 0.224 e. The summed E-state index contributed by atoms with van der Waals surface area (Å²) in [4.78, 5) is 18.9. The Morgan fingerprint density at radius 2 is 1.80 bits per heavy atom. The number of aliphatic hydroxyl groups excluding tert-OH is 1. The van der Waals surface area contributed by atoms with Crippen LogP contribution in [0.25, 0.3) is 11.3 Å². The van der Waals surface area contributed by atoms with E-state index in [9.17, 15) is 4.79 Å². The molecule has 0 saturated carbocycles. The molecule has 0 bridgehead atoms. The molecule has 1 aliphatic heterocycles. The monoisotopic (exact) mass is 426 g/mol. The number of benzene rings is 1. The van der Waals surface area contributed by atoms with Gasteiger partial charge in [-0.15, -0.1) is 11.3 Å². The molecule has 5 heteroatoms. The number of likely N-dealkylation sites (tertiary alicyclic amines) is 1. The molecule has 1 saturated heterocycles. The number of hydrogen-bond donors (Lipinski definition) is 1. The number of carbonyl (C=O) groups is 1. The summed E-state index contributed by atoms with van der Waals surface area (Å²) < 4.78 is 0. The highest BCUT2D eigenvalue weighted by molar-refractivity contribution is 7.10. The molecule has 2 aromatic rings. The zero-order valence-corrected chi connectivity index (χ0v) is 19.5. The van der Waals surface area contributed by atoms with E-state index in [0.717, 1.165) is 31.6 Å². The van der Waals surface area contributed by atoms with Crippen LogP contribution >= 0.6 is 11.3 Å². The lowest BCUT2D eigenvalue weighted by Crippen LogP contribution is -2.38. The minimum Gasteiger partial charge on any atom is -0.396 e. The van der Waals surface area contributed by atoms with Gasteiger partial charge >= 0.3 is 0 Å². The van der Waals surface area contributed by atoms with E-state index in [4.69, 9.17) is 10.1 Å². The quantitative estimate of drug-likeness (QED) is 0.727. The van der Waals surface area contributed by atoms with Crippen molar-refractivity contribution < 1.29 is 9.90 Å². The van der Waals surface area contributed by atoms with Gasteiger partial charge in [-0.05, 0) is 53.7 Å². The Morgan fingerprint density at radius 1 is 1.13 bits per heavy atom. The maximum atomic E-state index is 12.0. The minimum atomic E-state index is -0.0661. The molecular weight excluding hydrogens is 392 g/mol. The lowest BCUT2D eigenvalue weighted by molar-refractivity contribution is -0.132. The molecular formula is C25H34N2O2S. The van der Waals surface area contributed by atoms with Crippen molar-refractivity contribution in [1.82, 2.24) is 9.88 Å². The van der Waals surface area contributed by atoms with Gasteiger partial charge in [0.2, 0.25) is 5.91 Å². The van der Waals surface area contributed by atoms with Crippen LogP contribution in [0.1, 0.15) is 81.9 Å². The number of piperidine rings is 1. The fourth-order valence-electron chi connectivity index (χ4n) is 4.99. The highest BCUT2D eigenvalue weighted by Gasteiger charge is 2.37. The molecule has 1 amide bonds. The molecule has 2 aliphatic rings. The average molecular weight is 427 g/mol. The van der Waals surface area contributed by atoms with Gasteiger partial charge in [0.25, 0.3) is 0 Å². The first-order chi connectivity index (χ1) is 14.2. The molecule has 0 spiro atoms. The van der Waals surface area contributed by atoms with Crippen LogP contribution in [-0.4, -0.2) is 40.6 Å². The summed E-state index contributed by atoms with van der Waals surface area (Å²) in [7, 11) is 0. The van der Waals surface area contributed by atoms with Crippen molar-refractivity contribution in [3.8, 4) is 11.3 Å². The second kappa shape index (κ2) is 8.08. The zero-order valence-electron chi connectivity index (χ0n) is 18.7. The second-order valence-electron chi connectivity index (χ2n) is 10.2. The van der Waals surface area contributed by atoms with E-state index in [-0.39, 0.29) is 29.8 Å². The summed E-state index contributed by atoms with van der Waals surface area (Å²) in [5.41, 5.74) is 5.69. The number of fused-ring (bicyclic) bond motifs is 1. The number of hydrogen-bond acceptors (Lipinski definition) is 4. The molecule has 0 atom stereocenters. The largest absolute Gasteiger partial charge is 0.396 e. The van der Waals surface area contributed by atoms with Gasteiger partial charge in [0.05, 0.1) is 17.3 Å². The van der Waals surface area contributed by atoms with E-state index in [1.54, 1.807) is 11.3 Å². The molecule has 1 aromatic heterocycles. The minimum absolute atomic E-state index is 0.0652. The number of nitrogens with zero attached hydrogens (tertiary/aromatic N) is 2. The maximum absolute atomic E-state index is 12.0. The van der Waals surface area contributed by atoms with E-state index < -0.39 is 0 Å². The van der Waals surface area contributed by atoms with Crippen LogP contribution < -0.4 is 0 Å². The fourth-order valence-corrected chi connectivity index (χ4v) is 5.99. The van der Waals surface area contributed by atoms with Crippen molar-refractivity contribution in [2.24, 2.45) is 0 Å². The van der Waals surface area contributed by atoms with Gasteiger partial charge in [0, 0.05) is 36.4 Å². The number of aliphatic hydroxyl groups is 1. The molecule has 4 rings (SSSR count). The van der Waals surface area contributed by atoms with Crippen LogP contribution in [-0.2, 0) is 15.6 Å². The number of aromatic nitrogens is 1. The van der Waals surface area contributed by atoms with Gasteiger partial charge in [-0.3, -0.25) is 4.79 Å². The van der Waals surface area contributed by atoms with Gasteiger partial charge in [-0.25, -0.2) is 4.98 Å².